The number of halogens is 6. The molecule has 0 spiro atoms. The third kappa shape index (κ3) is 4.28. The Morgan fingerprint density at radius 2 is 1.52 bits per heavy atom. The van der Waals surface area contributed by atoms with Gasteiger partial charge in [-0.25, -0.2) is 8.78 Å². The van der Waals surface area contributed by atoms with Crippen LogP contribution in [0.4, 0.5) is 26.3 Å². The molecule has 0 radical (unpaired) electrons. The van der Waals surface area contributed by atoms with Gasteiger partial charge in [-0.3, -0.25) is 0 Å². The van der Waals surface area contributed by atoms with Crippen molar-refractivity contribution in [1.29, 1.82) is 0 Å². The molecule has 1 saturated carbocycles. The molecule has 1 aromatic rings. The van der Waals surface area contributed by atoms with Gasteiger partial charge >= 0.3 is 17.6 Å². The molecule has 23 heavy (non-hydrogen) atoms. The van der Waals surface area contributed by atoms with Crippen molar-refractivity contribution in [2.45, 2.75) is 55.6 Å². The van der Waals surface area contributed by atoms with E-state index in [4.69, 9.17) is 0 Å². The van der Waals surface area contributed by atoms with Crippen LogP contribution in [0.15, 0.2) is 24.3 Å². The lowest BCUT2D eigenvalue weighted by Gasteiger charge is -2.24. The third-order valence-electron chi connectivity index (χ3n) is 3.86. The van der Waals surface area contributed by atoms with E-state index in [1.54, 1.807) is 12.1 Å². The predicted molar refractivity (Wildman–Crippen MR) is 76.4 cm³/mol. The fourth-order valence-electron chi connectivity index (χ4n) is 2.51. The molecule has 1 aliphatic rings. The summed E-state index contributed by atoms with van der Waals surface area (Å²) in [7, 11) is 0. The Morgan fingerprint density at radius 1 is 0.957 bits per heavy atom. The van der Waals surface area contributed by atoms with E-state index in [9.17, 15) is 26.3 Å². The monoisotopic (exact) mass is 358 g/mol. The second kappa shape index (κ2) is 7.23. The van der Waals surface area contributed by atoms with Crippen LogP contribution in [0.1, 0.15) is 43.6 Å². The van der Waals surface area contributed by atoms with E-state index < -0.39 is 29.6 Å². The molecule has 0 bridgehead atoms. The van der Waals surface area contributed by atoms with Gasteiger partial charge in [0.15, 0.2) is 0 Å². The second-order valence-corrected chi connectivity index (χ2v) is 6.36. The highest BCUT2D eigenvalue weighted by Gasteiger charge is 2.65. The molecule has 8 heteroatoms. The lowest BCUT2D eigenvalue weighted by Crippen LogP contribution is -2.44. The molecule has 1 nitrogen and oxygen atoms in total. The van der Waals surface area contributed by atoms with E-state index in [-0.39, 0.29) is 5.75 Å². The van der Waals surface area contributed by atoms with Gasteiger partial charge in [-0.15, -0.1) is 0 Å². The first-order valence-corrected chi connectivity index (χ1v) is 7.97. The highest BCUT2D eigenvalue weighted by atomic mass is 32.2. The second-order valence-electron chi connectivity index (χ2n) is 5.51. The number of benzene rings is 1. The van der Waals surface area contributed by atoms with Crippen LogP contribution < -0.4 is 4.18 Å². The molecule has 0 unspecified atom stereocenters. The van der Waals surface area contributed by atoms with Crippen LogP contribution in [0.5, 0.6) is 5.75 Å². The van der Waals surface area contributed by atoms with Crippen molar-refractivity contribution in [3.63, 3.8) is 0 Å². The van der Waals surface area contributed by atoms with Gasteiger partial charge in [0.25, 0.3) is 0 Å². The van der Waals surface area contributed by atoms with Crippen molar-refractivity contribution in [3.8, 4) is 5.75 Å². The molecule has 0 aromatic heterocycles. The minimum Gasteiger partial charge on any atom is -0.419 e. The third-order valence-corrected chi connectivity index (χ3v) is 4.62. The fraction of sp³-hybridized carbons (Fsp3) is 0.600. The zero-order valence-electron chi connectivity index (χ0n) is 12.1. The molecule has 0 atom stereocenters. The van der Waals surface area contributed by atoms with Crippen LogP contribution in [0.25, 0.3) is 0 Å². The number of alkyl halides is 6. The summed E-state index contributed by atoms with van der Waals surface area (Å²) in [5.41, 5.74) is 1.03. The van der Waals surface area contributed by atoms with Crippen molar-refractivity contribution in [3.05, 3.63) is 29.8 Å². The first-order chi connectivity index (χ1) is 10.7. The summed E-state index contributed by atoms with van der Waals surface area (Å²) in [6, 6.07) is 6.14. The van der Waals surface area contributed by atoms with Crippen molar-refractivity contribution in [2.24, 2.45) is 0 Å². The van der Waals surface area contributed by atoms with Gasteiger partial charge in [0.2, 0.25) is 0 Å². The van der Waals surface area contributed by atoms with E-state index in [1.165, 1.54) is 18.6 Å². The summed E-state index contributed by atoms with van der Waals surface area (Å²) in [4.78, 5) is 0. The van der Waals surface area contributed by atoms with Crippen LogP contribution in [0.2, 0.25) is 0 Å². The van der Waals surface area contributed by atoms with E-state index in [0.717, 1.165) is 31.2 Å². The predicted octanol–water partition coefficient (Wildman–Crippen LogP) is 6.25. The number of hydrogen-bond acceptors (Lipinski definition) is 2. The molecule has 1 aliphatic carbocycles. The van der Waals surface area contributed by atoms with Crippen LogP contribution >= 0.6 is 12.0 Å². The molecule has 0 heterocycles. The van der Waals surface area contributed by atoms with Crippen LogP contribution in [-0.2, 0) is 0 Å². The first-order valence-electron chi connectivity index (χ1n) is 7.23. The van der Waals surface area contributed by atoms with Gasteiger partial charge in [-0.2, -0.15) is 17.6 Å². The maximum Gasteiger partial charge on any atom is 0.396 e. The summed E-state index contributed by atoms with van der Waals surface area (Å²) in [5.74, 6) is -5.14. The summed E-state index contributed by atoms with van der Waals surface area (Å²) >= 11 is -0.955. The Kier molecular flexibility index (Phi) is 5.75. The highest BCUT2D eigenvalue weighted by Crippen LogP contribution is 2.47. The zero-order valence-corrected chi connectivity index (χ0v) is 12.9. The molecule has 0 aliphatic heterocycles. The summed E-state index contributed by atoms with van der Waals surface area (Å²) in [6.45, 7) is 0. The van der Waals surface area contributed by atoms with Crippen molar-refractivity contribution in [1.82, 2.24) is 0 Å². The molecule has 0 amide bonds. The lowest BCUT2D eigenvalue weighted by molar-refractivity contribution is -0.222. The molecule has 0 saturated heterocycles. The van der Waals surface area contributed by atoms with Gasteiger partial charge in [0.05, 0.1) is 0 Å². The molecular weight excluding hydrogens is 342 g/mol. The standard InChI is InChI=1S/C15H16F6OS/c16-13(17)14(18,19)15(20,21)23-22-12-8-6-11(7-9-12)10-4-2-1-3-5-10/h6-10,13H,1-5H2. The Labute approximate surface area is 134 Å². The minimum atomic E-state index is -5.46. The summed E-state index contributed by atoms with van der Waals surface area (Å²) in [6.07, 6.45) is 1.09. The minimum absolute atomic E-state index is 0.0840. The smallest absolute Gasteiger partial charge is 0.396 e. The Morgan fingerprint density at radius 3 is 2.04 bits per heavy atom. The average molecular weight is 358 g/mol. The summed E-state index contributed by atoms with van der Waals surface area (Å²) in [5, 5.41) is -5.02. The van der Waals surface area contributed by atoms with E-state index in [2.05, 4.69) is 4.18 Å². The van der Waals surface area contributed by atoms with Crippen LogP contribution in [0, 0.1) is 0 Å². The number of rotatable bonds is 6. The fourth-order valence-corrected chi connectivity index (χ4v) is 3.03. The molecule has 130 valence electrons. The first kappa shape index (κ1) is 18.3. The topological polar surface area (TPSA) is 9.23 Å². The van der Waals surface area contributed by atoms with Gasteiger partial charge < -0.3 is 4.18 Å². The van der Waals surface area contributed by atoms with Crippen molar-refractivity contribution < 1.29 is 30.5 Å². The van der Waals surface area contributed by atoms with Gasteiger partial charge in [-0.1, -0.05) is 31.4 Å². The van der Waals surface area contributed by atoms with E-state index in [0.29, 0.717) is 5.92 Å². The van der Waals surface area contributed by atoms with Gasteiger partial charge in [-0.05, 0) is 36.5 Å². The molecule has 2 rings (SSSR count). The van der Waals surface area contributed by atoms with E-state index >= 15 is 0 Å². The Hall–Kier alpha value is -1.05. The SMILES string of the molecule is FC(F)C(F)(F)C(F)(F)SOc1ccc(C2CCCCC2)cc1. The summed E-state index contributed by atoms with van der Waals surface area (Å²) < 4.78 is 80.2. The molecule has 1 fully saturated rings. The molecule has 0 N–H and O–H groups in total. The van der Waals surface area contributed by atoms with Gasteiger partial charge in [0.1, 0.15) is 17.8 Å². The van der Waals surface area contributed by atoms with Crippen molar-refractivity contribution in [2.75, 3.05) is 0 Å². The van der Waals surface area contributed by atoms with E-state index in [1.807, 2.05) is 0 Å². The highest BCUT2D eigenvalue weighted by molar-refractivity contribution is 7.96. The molecule has 1 aromatic carbocycles. The Balaban J connectivity index is 1.96. The zero-order chi connectivity index (χ0) is 17.1. The maximum atomic E-state index is 13.1. The maximum absolute atomic E-state index is 13.1. The van der Waals surface area contributed by atoms with Crippen LogP contribution in [0.3, 0.4) is 0 Å². The van der Waals surface area contributed by atoms with Gasteiger partial charge in [0, 0.05) is 0 Å². The van der Waals surface area contributed by atoms with Crippen molar-refractivity contribution >= 4 is 12.0 Å². The number of hydrogen-bond donors (Lipinski definition) is 0. The largest absolute Gasteiger partial charge is 0.419 e. The van der Waals surface area contributed by atoms with Crippen LogP contribution in [-0.4, -0.2) is 17.6 Å². The Bertz CT molecular complexity index is 499. The average Bonchev–Trinajstić information content (AvgIpc) is 2.54. The molecular formula is C15H16F6OS. The normalized spacial score (nSPS) is 17.5. The lowest BCUT2D eigenvalue weighted by atomic mass is 9.84. The quantitative estimate of drug-likeness (QED) is 0.439.